The first-order chi connectivity index (χ1) is 12.0. The van der Waals surface area contributed by atoms with E-state index < -0.39 is 33.6 Å². The molecule has 0 aliphatic rings. The Labute approximate surface area is 155 Å². The van der Waals surface area contributed by atoms with Gasteiger partial charge in [0.25, 0.3) is 0 Å². The molecule has 2 aromatic carbocycles. The number of halogens is 3. The molecule has 0 bridgehead atoms. The van der Waals surface area contributed by atoms with Crippen molar-refractivity contribution >= 4 is 38.9 Å². The number of nitrogens with one attached hydrogen (secondary N) is 1. The zero-order valence-electron chi connectivity index (χ0n) is 14.3. The van der Waals surface area contributed by atoms with Crippen molar-refractivity contribution in [1.29, 1.82) is 0 Å². The standard InChI is InChI=1S/C17H17ClF2N2O3S/c1-10-8-12(18)4-7-16(10)21-17(23)11(2)22(26(3,24)25)13-5-6-14(19)15(20)9-13/h4-9,11H,1-3H3,(H,21,23)/t11-/m0/s1. The fourth-order valence-corrected chi connectivity index (χ4v) is 3.83. The van der Waals surface area contributed by atoms with Gasteiger partial charge in [-0.25, -0.2) is 17.2 Å². The molecule has 0 radical (unpaired) electrons. The molecule has 0 spiro atoms. The second-order valence-electron chi connectivity index (χ2n) is 5.78. The Kier molecular flexibility index (Phi) is 5.87. The van der Waals surface area contributed by atoms with E-state index in [0.29, 0.717) is 16.3 Å². The summed E-state index contributed by atoms with van der Waals surface area (Å²) in [4.78, 5) is 12.5. The van der Waals surface area contributed by atoms with Crippen LogP contribution in [0.5, 0.6) is 0 Å². The normalized spacial score (nSPS) is 12.5. The fourth-order valence-electron chi connectivity index (χ4n) is 2.44. The van der Waals surface area contributed by atoms with E-state index in [0.717, 1.165) is 28.8 Å². The zero-order chi connectivity index (χ0) is 19.6. The van der Waals surface area contributed by atoms with Crippen molar-refractivity contribution in [2.45, 2.75) is 19.9 Å². The third kappa shape index (κ3) is 4.50. The number of carbonyl (C=O) groups is 1. The number of amides is 1. The lowest BCUT2D eigenvalue weighted by atomic mass is 10.2. The summed E-state index contributed by atoms with van der Waals surface area (Å²) in [5.74, 6) is -2.96. The molecule has 2 rings (SSSR count). The summed E-state index contributed by atoms with van der Waals surface area (Å²) in [7, 11) is -3.94. The number of rotatable bonds is 5. The molecule has 5 nitrogen and oxygen atoms in total. The van der Waals surface area contributed by atoms with Crippen LogP contribution in [0.15, 0.2) is 36.4 Å². The molecule has 0 aliphatic heterocycles. The van der Waals surface area contributed by atoms with Crippen LogP contribution in [-0.2, 0) is 14.8 Å². The van der Waals surface area contributed by atoms with Crippen molar-refractivity contribution in [3.63, 3.8) is 0 Å². The van der Waals surface area contributed by atoms with Gasteiger partial charge in [-0.1, -0.05) is 11.6 Å². The van der Waals surface area contributed by atoms with Crippen molar-refractivity contribution in [3.05, 3.63) is 58.6 Å². The third-order valence-electron chi connectivity index (χ3n) is 3.69. The van der Waals surface area contributed by atoms with Crippen LogP contribution in [0.4, 0.5) is 20.2 Å². The Balaban J connectivity index is 2.35. The van der Waals surface area contributed by atoms with E-state index in [1.807, 2.05) is 0 Å². The van der Waals surface area contributed by atoms with Crippen molar-refractivity contribution in [3.8, 4) is 0 Å². The number of aryl methyl sites for hydroxylation is 1. The van der Waals surface area contributed by atoms with Gasteiger partial charge in [0.2, 0.25) is 15.9 Å². The van der Waals surface area contributed by atoms with Crippen molar-refractivity contribution in [2.75, 3.05) is 15.9 Å². The lowest BCUT2D eigenvalue weighted by molar-refractivity contribution is -0.116. The first-order valence-corrected chi connectivity index (χ1v) is 9.75. The summed E-state index contributed by atoms with van der Waals surface area (Å²) in [5, 5.41) is 3.11. The highest BCUT2D eigenvalue weighted by atomic mass is 35.5. The molecule has 26 heavy (non-hydrogen) atoms. The minimum Gasteiger partial charge on any atom is -0.324 e. The van der Waals surface area contributed by atoms with Crippen LogP contribution in [0.3, 0.4) is 0 Å². The monoisotopic (exact) mass is 402 g/mol. The van der Waals surface area contributed by atoms with Crippen LogP contribution < -0.4 is 9.62 Å². The minimum absolute atomic E-state index is 0.151. The second-order valence-corrected chi connectivity index (χ2v) is 8.08. The summed E-state index contributed by atoms with van der Waals surface area (Å²) in [6.45, 7) is 3.08. The van der Waals surface area contributed by atoms with Crippen LogP contribution in [0.1, 0.15) is 12.5 Å². The molecule has 2 aromatic rings. The number of hydrogen-bond acceptors (Lipinski definition) is 3. The highest BCUT2D eigenvalue weighted by Crippen LogP contribution is 2.25. The lowest BCUT2D eigenvalue weighted by Gasteiger charge is -2.28. The van der Waals surface area contributed by atoms with E-state index in [1.165, 1.54) is 6.92 Å². The number of benzene rings is 2. The van der Waals surface area contributed by atoms with E-state index in [2.05, 4.69) is 5.32 Å². The molecule has 140 valence electrons. The van der Waals surface area contributed by atoms with Gasteiger partial charge in [-0.3, -0.25) is 9.10 Å². The van der Waals surface area contributed by atoms with Crippen LogP contribution in [0.2, 0.25) is 5.02 Å². The number of nitrogens with zero attached hydrogens (tertiary/aromatic N) is 1. The van der Waals surface area contributed by atoms with E-state index in [-0.39, 0.29) is 5.69 Å². The second kappa shape index (κ2) is 7.59. The molecule has 0 heterocycles. The summed E-state index contributed by atoms with van der Waals surface area (Å²) in [6, 6.07) is 6.24. The quantitative estimate of drug-likeness (QED) is 0.828. The topological polar surface area (TPSA) is 66.5 Å². The highest BCUT2D eigenvalue weighted by Gasteiger charge is 2.30. The maximum absolute atomic E-state index is 13.5. The number of carbonyl (C=O) groups excluding carboxylic acids is 1. The van der Waals surface area contributed by atoms with Crippen molar-refractivity contribution < 1.29 is 22.0 Å². The van der Waals surface area contributed by atoms with Crippen molar-refractivity contribution in [2.24, 2.45) is 0 Å². The molecular formula is C17H17ClF2N2O3S. The first-order valence-electron chi connectivity index (χ1n) is 7.52. The molecule has 0 saturated heterocycles. The molecule has 1 atom stereocenters. The average molecular weight is 403 g/mol. The Morgan fingerprint density at radius 1 is 1.15 bits per heavy atom. The fraction of sp³-hybridized carbons (Fsp3) is 0.235. The summed E-state index contributed by atoms with van der Waals surface area (Å²) in [5.41, 5.74) is 1.00. The van der Waals surface area contributed by atoms with Gasteiger partial charge in [-0.2, -0.15) is 0 Å². The smallest absolute Gasteiger partial charge is 0.248 e. The summed E-state index contributed by atoms with van der Waals surface area (Å²) in [6.07, 6.45) is 0.881. The van der Waals surface area contributed by atoms with Gasteiger partial charge >= 0.3 is 0 Å². The van der Waals surface area contributed by atoms with E-state index in [4.69, 9.17) is 11.6 Å². The molecule has 0 aromatic heterocycles. The van der Waals surface area contributed by atoms with Gasteiger partial charge < -0.3 is 5.32 Å². The maximum Gasteiger partial charge on any atom is 0.248 e. The van der Waals surface area contributed by atoms with E-state index in [9.17, 15) is 22.0 Å². The lowest BCUT2D eigenvalue weighted by Crippen LogP contribution is -2.45. The van der Waals surface area contributed by atoms with Crippen molar-refractivity contribution in [1.82, 2.24) is 0 Å². The summed E-state index contributed by atoms with van der Waals surface area (Å²) < 4.78 is 51.7. The van der Waals surface area contributed by atoms with Gasteiger partial charge in [-0.15, -0.1) is 0 Å². The Morgan fingerprint density at radius 3 is 2.35 bits per heavy atom. The molecule has 0 unspecified atom stereocenters. The first kappa shape index (κ1) is 20.1. The molecular weight excluding hydrogens is 386 g/mol. The molecule has 9 heteroatoms. The Morgan fingerprint density at radius 2 is 1.81 bits per heavy atom. The van der Waals surface area contributed by atoms with Gasteiger partial charge in [0.15, 0.2) is 11.6 Å². The van der Waals surface area contributed by atoms with E-state index >= 15 is 0 Å². The van der Waals surface area contributed by atoms with Gasteiger partial charge in [0.05, 0.1) is 11.9 Å². The Hall–Kier alpha value is -2.19. The predicted molar refractivity (Wildman–Crippen MR) is 98.0 cm³/mol. The average Bonchev–Trinajstić information content (AvgIpc) is 2.52. The SMILES string of the molecule is Cc1cc(Cl)ccc1NC(=O)[C@H](C)N(c1ccc(F)c(F)c1)S(C)(=O)=O. The van der Waals surface area contributed by atoms with Gasteiger partial charge in [-0.05, 0) is 49.7 Å². The van der Waals surface area contributed by atoms with E-state index in [1.54, 1.807) is 25.1 Å². The molecule has 0 aliphatic carbocycles. The van der Waals surface area contributed by atoms with Crippen LogP contribution >= 0.6 is 11.6 Å². The molecule has 0 saturated carbocycles. The predicted octanol–water partition coefficient (Wildman–Crippen LogP) is 3.72. The maximum atomic E-state index is 13.5. The third-order valence-corrected chi connectivity index (χ3v) is 5.17. The van der Waals surface area contributed by atoms with Gasteiger partial charge in [0, 0.05) is 16.8 Å². The number of anilines is 2. The molecule has 1 amide bonds. The Bertz CT molecular complexity index is 951. The van der Waals surface area contributed by atoms with Crippen LogP contribution in [-0.4, -0.2) is 26.6 Å². The molecule has 1 N–H and O–H groups in total. The number of sulfonamides is 1. The molecule has 0 fully saturated rings. The van der Waals surface area contributed by atoms with Crippen LogP contribution in [0, 0.1) is 18.6 Å². The highest BCUT2D eigenvalue weighted by molar-refractivity contribution is 7.92. The zero-order valence-corrected chi connectivity index (χ0v) is 15.8. The largest absolute Gasteiger partial charge is 0.324 e. The minimum atomic E-state index is -3.94. The van der Waals surface area contributed by atoms with Crippen LogP contribution in [0.25, 0.3) is 0 Å². The number of hydrogen-bond donors (Lipinski definition) is 1. The summed E-state index contributed by atoms with van der Waals surface area (Å²) >= 11 is 5.87. The van der Waals surface area contributed by atoms with Gasteiger partial charge in [0.1, 0.15) is 6.04 Å².